The summed E-state index contributed by atoms with van der Waals surface area (Å²) < 4.78 is 2.31. The third kappa shape index (κ3) is 5.87. The summed E-state index contributed by atoms with van der Waals surface area (Å²) >= 11 is 0. The highest BCUT2D eigenvalue weighted by molar-refractivity contribution is 6.01. The number of aromatic nitrogens is 1. The van der Waals surface area contributed by atoms with Crippen LogP contribution in [0.2, 0.25) is 0 Å². The quantitative estimate of drug-likeness (QED) is 0.212. The average molecular weight is 558 g/mol. The van der Waals surface area contributed by atoms with E-state index in [0.29, 0.717) is 30.1 Å². The maximum atomic E-state index is 13.1. The smallest absolute Gasteiger partial charge is 0.253 e. The Labute approximate surface area is 248 Å². The lowest BCUT2D eigenvalue weighted by molar-refractivity contribution is 0.0828. The van der Waals surface area contributed by atoms with E-state index in [9.17, 15) is 9.59 Å². The minimum atomic E-state index is -0.0692. The van der Waals surface area contributed by atoms with E-state index in [1.807, 2.05) is 36.4 Å². The Kier molecular flexibility index (Phi) is 8.30. The maximum Gasteiger partial charge on any atom is 0.253 e. The first-order valence-corrected chi connectivity index (χ1v) is 14.5. The number of hydrogen-bond donors (Lipinski definition) is 1. The van der Waals surface area contributed by atoms with Gasteiger partial charge in [-0.05, 0) is 77.4 Å². The first-order chi connectivity index (χ1) is 20.1. The minimum absolute atomic E-state index is 0.00651. The molecule has 2 amide bonds. The lowest BCUT2D eigenvalue weighted by Gasteiger charge is -2.15. The Hall–Kier alpha value is -4.64. The summed E-state index contributed by atoms with van der Waals surface area (Å²) in [5.41, 5.74) is 10.3. The third-order valence-corrected chi connectivity index (χ3v) is 8.14. The molecule has 5 heteroatoms. The van der Waals surface area contributed by atoms with Crippen molar-refractivity contribution in [1.82, 2.24) is 14.8 Å². The number of hydrogen-bond acceptors (Lipinski definition) is 2. The van der Waals surface area contributed by atoms with E-state index in [0.717, 1.165) is 27.6 Å². The molecule has 0 aliphatic heterocycles. The first kappa shape index (κ1) is 28.9. The standard InChI is InChI=1S/C37H39N3O2/c1-24(2)30-11-9-10-28(20-30)22-38-36(41)31-18-19-35-34(21-31)25(3)26(4)40(35)23-27-14-16-29(17-15-27)32-12-7-8-13-33(32)37(42)39(5)6/h7-21,24H,22-23H2,1-6H3,(H,38,41). The zero-order valence-electron chi connectivity index (χ0n) is 25.4. The molecule has 4 aromatic carbocycles. The summed E-state index contributed by atoms with van der Waals surface area (Å²) in [4.78, 5) is 27.4. The van der Waals surface area contributed by atoms with Crippen LogP contribution < -0.4 is 5.32 Å². The molecule has 5 rings (SSSR count). The molecule has 0 unspecified atom stereocenters. The number of carbonyl (C=O) groups excluding carboxylic acids is 2. The zero-order valence-corrected chi connectivity index (χ0v) is 25.4. The summed E-state index contributed by atoms with van der Waals surface area (Å²) in [5.74, 6) is 0.375. The van der Waals surface area contributed by atoms with Gasteiger partial charge in [-0.1, -0.05) is 80.6 Å². The van der Waals surface area contributed by atoms with Crippen LogP contribution in [-0.2, 0) is 13.1 Å². The van der Waals surface area contributed by atoms with E-state index in [4.69, 9.17) is 0 Å². The molecule has 1 N–H and O–H groups in total. The largest absolute Gasteiger partial charge is 0.348 e. The molecular weight excluding hydrogens is 518 g/mol. The van der Waals surface area contributed by atoms with Crippen molar-refractivity contribution in [3.8, 4) is 11.1 Å². The van der Waals surface area contributed by atoms with Gasteiger partial charge in [-0.25, -0.2) is 0 Å². The predicted molar refractivity (Wildman–Crippen MR) is 172 cm³/mol. The number of amides is 2. The molecule has 0 aliphatic carbocycles. The molecule has 0 saturated heterocycles. The van der Waals surface area contributed by atoms with Crippen LogP contribution in [0.5, 0.6) is 0 Å². The molecule has 5 aromatic rings. The summed E-state index contributed by atoms with van der Waals surface area (Å²) in [7, 11) is 3.55. The van der Waals surface area contributed by atoms with Gasteiger partial charge in [0.05, 0.1) is 0 Å². The van der Waals surface area contributed by atoms with Crippen molar-refractivity contribution in [2.24, 2.45) is 0 Å². The van der Waals surface area contributed by atoms with Gasteiger partial charge in [0.1, 0.15) is 0 Å². The van der Waals surface area contributed by atoms with Gasteiger partial charge in [0.25, 0.3) is 11.8 Å². The van der Waals surface area contributed by atoms with E-state index < -0.39 is 0 Å². The van der Waals surface area contributed by atoms with Gasteiger partial charge in [0, 0.05) is 54.9 Å². The van der Waals surface area contributed by atoms with E-state index in [2.05, 4.69) is 92.2 Å². The third-order valence-electron chi connectivity index (χ3n) is 8.14. The van der Waals surface area contributed by atoms with Crippen molar-refractivity contribution in [2.75, 3.05) is 14.1 Å². The monoisotopic (exact) mass is 557 g/mol. The van der Waals surface area contributed by atoms with Crippen LogP contribution in [0.4, 0.5) is 0 Å². The Morgan fingerprint density at radius 2 is 1.57 bits per heavy atom. The topological polar surface area (TPSA) is 54.3 Å². The number of nitrogens with one attached hydrogen (secondary N) is 1. The normalized spacial score (nSPS) is 11.2. The number of nitrogens with zero attached hydrogens (tertiary/aromatic N) is 2. The second-order valence-electron chi connectivity index (χ2n) is 11.6. The van der Waals surface area contributed by atoms with E-state index in [-0.39, 0.29) is 11.8 Å². The van der Waals surface area contributed by atoms with Crippen LogP contribution in [-0.4, -0.2) is 35.4 Å². The average Bonchev–Trinajstić information content (AvgIpc) is 3.24. The van der Waals surface area contributed by atoms with E-state index in [1.165, 1.54) is 22.4 Å². The highest BCUT2D eigenvalue weighted by Crippen LogP contribution is 2.29. The van der Waals surface area contributed by atoms with E-state index >= 15 is 0 Å². The molecule has 1 heterocycles. The van der Waals surface area contributed by atoms with Crippen molar-refractivity contribution in [2.45, 2.75) is 46.7 Å². The molecule has 5 nitrogen and oxygen atoms in total. The highest BCUT2D eigenvalue weighted by Gasteiger charge is 2.16. The number of rotatable bonds is 8. The molecule has 0 atom stereocenters. The second kappa shape index (κ2) is 12.1. The highest BCUT2D eigenvalue weighted by atomic mass is 16.2. The predicted octanol–water partition coefficient (Wildman–Crippen LogP) is 7.73. The Bertz CT molecular complexity index is 1760. The van der Waals surface area contributed by atoms with Gasteiger partial charge in [-0.15, -0.1) is 0 Å². The van der Waals surface area contributed by atoms with Gasteiger partial charge in [-0.3, -0.25) is 9.59 Å². The molecule has 1 aromatic heterocycles. The fourth-order valence-electron chi connectivity index (χ4n) is 5.48. The SMILES string of the molecule is Cc1c(C)n(Cc2ccc(-c3ccccc3C(=O)N(C)C)cc2)c2ccc(C(=O)NCc3cccc(C(C)C)c3)cc12. The minimum Gasteiger partial charge on any atom is -0.348 e. The fraction of sp³-hybridized carbons (Fsp3) is 0.243. The summed E-state index contributed by atoms with van der Waals surface area (Å²) in [6.45, 7) is 9.82. The van der Waals surface area contributed by atoms with Gasteiger partial charge in [0.2, 0.25) is 0 Å². The summed E-state index contributed by atoms with van der Waals surface area (Å²) in [6.07, 6.45) is 0. The summed E-state index contributed by atoms with van der Waals surface area (Å²) in [5, 5.41) is 4.19. The Morgan fingerprint density at radius 3 is 2.29 bits per heavy atom. The van der Waals surface area contributed by atoms with Crippen molar-refractivity contribution < 1.29 is 9.59 Å². The van der Waals surface area contributed by atoms with Crippen LogP contribution in [0.25, 0.3) is 22.0 Å². The van der Waals surface area contributed by atoms with Crippen molar-refractivity contribution in [3.05, 3.63) is 130 Å². The van der Waals surface area contributed by atoms with Gasteiger partial charge >= 0.3 is 0 Å². The van der Waals surface area contributed by atoms with Crippen LogP contribution in [0.3, 0.4) is 0 Å². The van der Waals surface area contributed by atoms with Crippen LogP contribution in [0.15, 0.2) is 91.0 Å². The molecule has 42 heavy (non-hydrogen) atoms. The molecule has 0 fully saturated rings. The van der Waals surface area contributed by atoms with E-state index in [1.54, 1.807) is 19.0 Å². The van der Waals surface area contributed by atoms with Crippen molar-refractivity contribution in [1.29, 1.82) is 0 Å². The van der Waals surface area contributed by atoms with Gasteiger partial charge < -0.3 is 14.8 Å². The summed E-state index contributed by atoms with van der Waals surface area (Å²) in [6, 6.07) is 30.5. The number of carbonyl (C=O) groups is 2. The molecule has 0 bridgehead atoms. The molecule has 0 spiro atoms. The molecule has 0 saturated carbocycles. The molecular formula is C37H39N3O2. The molecule has 0 aliphatic rings. The molecule has 214 valence electrons. The van der Waals surface area contributed by atoms with Crippen LogP contribution >= 0.6 is 0 Å². The Balaban J connectivity index is 1.35. The van der Waals surface area contributed by atoms with Gasteiger partial charge in [0.15, 0.2) is 0 Å². The number of aryl methyl sites for hydroxylation is 1. The fourth-order valence-corrected chi connectivity index (χ4v) is 5.48. The van der Waals surface area contributed by atoms with Crippen LogP contribution in [0.1, 0.15) is 68.4 Å². The van der Waals surface area contributed by atoms with Crippen LogP contribution in [0, 0.1) is 13.8 Å². The zero-order chi connectivity index (χ0) is 30.0. The van der Waals surface area contributed by atoms with Gasteiger partial charge in [-0.2, -0.15) is 0 Å². The van der Waals surface area contributed by atoms with Crippen molar-refractivity contribution in [3.63, 3.8) is 0 Å². The number of fused-ring (bicyclic) bond motifs is 1. The van der Waals surface area contributed by atoms with Crippen molar-refractivity contribution >= 4 is 22.7 Å². The number of benzene rings is 4. The maximum absolute atomic E-state index is 13.1. The lowest BCUT2D eigenvalue weighted by Crippen LogP contribution is -2.22. The second-order valence-corrected chi connectivity index (χ2v) is 11.6. The lowest BCUT2D eigenvalue weighted by atomic mass is 9.98. The Morgan fingerprint density at radius 1 is 0.833 bits per heavy atom. The molecule has 0 radical (unpaired) electrons. The first-order valence-electron chi connectivity index (χ1n) is 14.5.